The van der Waals surface area contributed by atoms with Crippen LogP contribution in [-0.4, -0.2) is 13.7 Å². The number of hydrogen-bond acceptors (Lipinski definition) is 2. The first kappa shape index (κ1) is 10.3. The first-order chi connectivity index (χ1) is 5.94. The molecule has 1 aromatic rings. The highest BCUT2D eigenvalue weighted by atomic mass is 32.2. The molecule has 0 fully saturated rings. The van der Waals surface area contributed by atoms with Gasteiger partial charge in [0.1, 0.15) is 0 Å². The SMILES string of the molecule is Cc1ccc(S(=O)(=O)C(C)C)cc1. The Kier molecular flexibility index (Phi) is 2.76. The van der Waals surface area contributed by atoms with E-state index in [1.807, 2.05) is 19.1 Å². The number of aryl methyl sites for hydroxylation is 1. The molecule has 0 N–H and O–H groups in total. The third-order valence-corrected chi connectivity index (χ3v) is 4.14. The maximum absolute atomic E-state index is 11.6. The number of hydrogen-bond donors (Lipinski definition) is 0. The molecule has 0 aliphatic rings. The number of benzene rings is 1. The Morgan fingerprint density at radius 3 is 1.92 bits per heavy atom. The van der Waals surface area contributed by atoms with Gasteiger partial charge in [0.15, 0.2) is 9.84 Å². The van der Waals surface area contributed by atoms with Crippen LogP contribution < -0.4 is 0 Å². The van der Waals surface area contributed by atoms with E-state index in [9.17, 15) is 8.42 Å². The van der Waals surface area contributed by atoms with Crippen LogP contribution in [0.5, 0.6) is 0 Å². The van der Waals surface area contributed by atoms with Gasteiger partial charge < -0.3 is 0 Å². The second-order valence-electron chi connectivity index (χ2n) is 3.41. The molecule has 13 heavy (non-hydrogen) atoms. The summed E-state index contributed by atoms with van der Waals surface area (Å²) in [6.45, 7) is 5.32. The molecule has 0 aromatic heterocycles. The first-order valence-corrected chi connectivity index (χ1v) is 5.80. The molecule has 0 atom stereocenters. The summed E-state index contributed by atoms with van der Waals surface area (Å²) in [5, 5.41) is -0.352. The van der Waals surface area contributed by atoms with E-state index >= 15 is 0 Å². The van der Waals surface area contributed by atoms with Crippen molar-refractivity contribution in [1.29, 1.82) is 0 Å². The van der Waals surface area contributed by atoms with E-state index in [0.717, 1.165) is 5.56 Å². The Balaban J connectivity index is 3.17. The van der Waals surface area contributed by atoms with Crippen LogP contribution >= 0.6 is 0 Å². The summed E-state index contributed by atoms with van der Waals surface area (Å²) in [5.41, 5.74) is 1.07. The van der Waals surface area contributed by atoms with Gasteiger partial charge in [0.2, 0.25) is 0 Å². The van der Waals surface area contributed by atoms with E-state index in [0.29, 0.717) is 4.90 Å². The van der Waals surface area contributed by atoms with Crippen molar-refractivity contribution in [3.8, 4) is 0 Å². The molecule has 0 spiro atoms. The molecule has 0 saturated heterocycles. The molecule has 72 valence electrons. The minimum atomic E-state index is -3.09. The largest absolute Gasteiger partial charge is 0.223 e. The highest BCUT2D eigenvalue weighted by Crippen LogP contribution is 2.15. The van der Waals surface area contributed by atoms with E-state index < -0.39 is 9.84 Å². The third kappa shape index (κ3) is 2.10. The zero-order valence-corrected chi connectivity index (χ0v) is 8.93. The van der Waals surface area contributed by atoms with Crippen LogP contribution in [0.4, 0.5) is 0 Å². The van der Waals surface area contributed by atoms with Gasteiger partial charge in [0, 0.05) is 0 Å². The van der Waals surface area contributed by atoms with Gasteiger partial charge >= 0.3 is 0 Å². The minimum Gasteiger partial charge on any atom is -0.223 e. The summed E-state index contributed by atoms with van der Waals surface area (Å²) in [5.74, 6) is 0. The van der Waals surface area contributed by atoms with E-state index in [4.69, 9.17) is 0 Å². The fraction of sp³-hybridized carbons (Fsp3) is 0.400. The van der Waals surface area contributed by atoms with Crippen molar-refractivity contribution in [3.05, 3.63) is 29.8 Å². The maximum Gasteiger partial charge on any atom is 0.180 e. The van der Waals surface area contributed by atoms with Crippen LogP contribution in [-0.2, 0) is 9.84 Å². The highest BCUT2D eigenvalue weighted by molar-refractivity contribution is 7.92. The topological polar surface area (TPSA) is 34.1 Å². The Bertz CT molecular complexity index is 374. The Morgan fingerprint density at radius 1 is 1.08 bits per heavy atom. The molecule has 0 radical (unpaired) electrons. The van der Waals surface area contributed by atoms with Crippen molar-refractivity contribution in [3.63, 3.8) is 0 Å². The fourth-order valence-electron chi connectivity index (χ4n) is 1.00. The zero-order valence-electron chi connectivity index (χ0n) is 8.11. The van der Waals surface area contributed by atoms with Crippen LogP contribution in [0.15, 0.2) is 29.2 Å². The fourth-order valence-corrected chi connectivity index (χ4v) is 2.06. The smallest absolute Gasteiger partial charge is 0.180 e. The predicted octanol–water partition coefficient (Wildman–Crippen LogP) is 2.18. The summed E-state index contributed by atoms with van der Waals surface area (Å²) in [4.78, 5) is 0.410. The van der Waals surface area contributed by atoms with Crippen molar-refractivity contribution >= 4 is 9.84 Å². The maximum atomic E-state index is 11.6. The van der Waals surface area contributed by atoms with Crippen LogP contribution in [0.2, 0.25) is 0 Å². The van der Waals surface area contributed by atoms with Gasteiger partial charge in [-0.2, -0.15) is 0 Å². The van der Waals surface area contributed by atoms with E-state index in [2.05, 4.69) is 0 Å². The minimum absolute atomic E-state index is 0.352. The van der Waals surface area contributed by atoms with Gasteiger partial charge in [-0.05, 0) is 32.9 Å². The lowest BCUT2D eigenvalue weighted by Crippen LogP contribution is -2.13. The monoisotopic (exact) mass is 198 g/mol. The molecule has 0 amide bonds. The van der Waals surface area contributed by atoms with E-state index in [1.165, 1.54) is 0 Å². The zero-order chi connectivity index (χ0) is 10.1. The van der Waals surface area contributed by atoms with Gasteiger partial charge in [-0.3, -0.25) is 0 Å². The standard InChI is InChI=1S/C10H14O2S/c1-8(2)13(11,12)10-6-4-9(3)5-7-10/h4-8H,1-3H3. The molecular weight excluding hydrogens is 184 g/mol. The summed E-state index contributed by atoms with van der Waals surface area (Å²) in [7, 11) is -3.09. The van der Waals surface area contributed by atoms with Crippen molar-refractivity contribution in [2.75, 3.05) is 0 Å². The van der Waals surface area contributed by atoms with E-state index in [-0.39, 0.29) is 5.25 Å². The average molecular weight is 198 g/mol. The Morgan fingerprint density at radius 2 is 1.54 bits per heavy atom. The lowest BCUT2D eigenvalue weighted by molar-refractivity contribution is 0.587. The van der Waals surface area contributed by atoms with Crippen LogP contribution in [0.25, 0.3) is 0 Å². The second-order valence-corrected chi connectivity index (χ2v) is 5.91. The van der Waals surface area contributed by atoms with Gasteiger partial charge in [-0.25, -0.2) is 8.42 Å². The number of sulfone groups is 1. The summed E-state index contributed by atoms with van der Waals surface area (Å²) in [6, 6.07) is 6.94. The Hall–Kier alpha value is -0.830. The third-order valence-electron chi connectivity index (χ3n) is 1.97. The molecular formula is C10H14O2S. The lowest BCUT2D eigenvalue weighted by atomic mass is 10.2. The van der Waals surface area contributed by atoms with Crippen molar-refractivity contribution < 1.29 is 8.42 Å². The molecule has 0 bridgehead atoms. The van der Waals surface area contributed by atoms with Crippen molar-refractivity contribution in [2.24, 2.45) is 0 Å². The van der Waals surface area contributed by atoms with Crippen LogP contribution in [0.3, 0.4) is 0 Å². The van der Waals surface area contributed by atoms with Crippen molar-refractivity contribution in [2.45, 2.75) is 30.9 Å². The molecule has 0 aliphatic heterocycles. The molecule has 3 heteroatoms. The molecule has 0 unspecified atom stereocenters. The molecule has 0 saturated carbocycles. The quantitative estimate of drug-likeness (QED) is 0.730. The first-order valence-electron chi connectivity index (χ1n) is 4.25. The average Bonchev–Trinajstić information content (AvgIpc) is 2.04. The number of rotatable bonds is 2. The van der Waals surface area contributed by atoms with Crippen LogP contribution in [0.1, 0.15) is 19.4 Å². The van der Waals surface area contributed by atoms with Gasteiger partial charge in [0.05, 0.1) is 10.1 Å². The van der Waals surface area contributed by atoms with Gasteiger partial charge in [0.25, 0.3) is 0 Å². The molecule has 2 nitrogen and oxygen atoms in total. The van der Waals surface area contributed by atoms with E-state index in [1.54, 1.807) is 26.0 Å². The highest BCUT2D eigenvalue weighted by Gasteiger charge is 2.18. The molecule has 1 aromatic carbocycles. The summed E-state index contributed by atoms with van der Waals surface area (Å²) >= 11 is 0. The Labute approximate surface area is 79.5 Å². The second kappa shape index (κ2) is 3.50. The van der Waals surface area contributed by atoms with Crippen LogP contribution in [0, 0.1) is 6.92 Å². The predicted molar refractivity (Wildman–Crippen MR) is 53.5 cm³/mol. The molecule has 1 rings (SSSR count). The lowest BCUT2D eigenvalue weighted by Gasteiger charge is -2.07. The summed E-state index contributed by atoms with van der Waals surface area (Å²) < 4.78 is 23.3. The normalized spacial score (nSPS) is 12.0. The summed E-state index contributed by atoms with van der Waals surface area (Å²) in [6.07, 6.45) is 0. The molecule has 0 aliphatic carbocycles. The van der Waals surface area contributed by atoms with Gasteiger partial charge in [-0.15, -0.1) is 0 Å². The molecule has 0 heterocycles. The van der Waals surface area contributed by atoms with Crippen molar-refractivity contribution in [1.82, 2.24) is 0 Å². The van der Waals surface area contributed by atoms with Gasteiger partial charge in [-0.1, -0.05) is 17.7 Å².